The van der Waals surface area contributed by atoms with E-state index in [9.17, 15) is 19.8 Å². The summed E-state index contributed by atoms with van der Waals surface area (Å²) in [6.07, 6.45) is 22.4. The van der Waals surface area contributed by atoms with Crippen molar-refractivity contribution in [3.63, 3.8) is 0 Å². The maximum absolute atomic E-state index is 13.2. The molecule has 2 aromatic heterocycles. The number of para-hydroxylation sites is 2. The number of hydrogen-bond acceptors (Lipinski definition) is 10. The van der Waals surface area contributed by atoms with Crippen LogP contribution in [0.25, 0.3) is 12.2 Å². The summed E-state index contributed by atoms with van der Waals surface area (Å²) in [4.78, 5) is 26.4. The molecule has 2 heterocycles. The molecular weight excluding hydrogens is 769 g/mol. The molecule has 0 aliphatic heterocycles. The van der Waals surface area contributed by atoms with Gasteiger partial charge in [0, 0.05) is 11.1 Å². The van der Waals surface area contributed by atoms with Gasteiger partial charge < -0.3 is 19.7 Å². The predicted octanol–water partition coefficient (Wildman–Crippen LogP) is 9.83. The average molecular weight is 819 g/mol. The number of phenolic OH excluding ortho intramolecular Hbond substituents is 2. The quantitative estimate of drug-likeness (QED) is 0.0713. The van der Waals surface area contributed by atoms with Crippen LogP contribution < -0.4 is 9.47 Å². The third-order valence-electron chi connectivity index (χ3n) is 11.5. The number of ketones is 2. The predicted molar refractivity (Wildman–Crippen MR) is 232 cm³/mol. The minimum atomic E-state index is -0.341. The molecule has 2 fully saturated rings. The molecule has 12 nitrogen and oxygen atoms in total. The van der Waals surface area contributed by atoms with Crippen molar-refractivity contribution in [2.45, 2.75) is 95.9 Å². The molecule has 0 unspecified atom stereocenters. The van der Waals surface area contributed by atoms with Crippen LogP contribution in [0.4, 0.5) is 0 Å². The molecule has 4 aromatic carbocycles. The van der Waals surface area contributed by atoms with Gasteiger partial charge in [0.25, 0.3) is 0 Å². The summed E-state index contributed by atoms with van der Waals surface area (Å²) in [6, 6.07) is 25.3. The van der Waals surface area contributed by atoms with Crippen molar-refractivity contribution in [1.29, 1.82) is 0 Å². The molecule has 2 aliphatic rings. The maximum Gasteiger partial charge on any atom is 0.189 e. The van der Waals surface area contributed by atoms with Gasteiger partial charge in [-0.15, -0.1) is 10.2 Å². The molecule has 2 saturated carbocycles. The lowest BCUT2D eigenvalue weighted by Crippen LogP contribution is -2.13. The van der Waals surface area contributed by atoms with Gasteiger partial charge in [0.1, 0.15) is 47.6 Å². The van der Waals surface area contributed by atoms with Gasteiger partial charge in [0.2, 0.25) is 0 Å². The molecule has 312 valence electrons. The molecule has 0 bridgehead atoms. The van der Waals surface area contributed by atoms with Crippen molar-refractivity contribution in [2.75, 3.05) is 0 Å². The molecule has 0 amide bonds. The number of nitrogens with zero attached hydrogens (tertiary/aromatic N) is 6. The fourth-order valence-electron chi connectivity index (χ4n) is 8.16. The first kappa shape index (κ1) is 40.9. The van der Waals surface area contributed by atoms with Crippen LogP contribution in [0.1, 0.15) is 131 Å². The van der Waals surface area contributed by atoms with E-state index in [1.165, 1.54) is 62.8 Å². The summed E-state index contributed by atoms with van der Waals surface area (Å²) >= 11 is 0. The van der Waals surface area contributed by atoms with E-state index in [0.717, 1.165) is 36.8 Å². The first-order chi connectivity index (χ1) is 29.9. The fourth-order valence-corrected chi connectivity index (χ4v) is 8.16. The van der Waals surface area contributed by atoms with Crippen molar-refractivity contribution < 1.29 is 29.3 Å². The zero-order valence-electron chi connectivity index (χ0n) is 34.1. The Balaban J connectivity index is 1.04. The molecule has 6 aromatic rings. The van der Waals surface area contributed by atoms with Crippen molar-refractivity contribution in [3.05, 3.63) is 154 Å². The van der Waals surface area contributed by atoms with Gasteiger partial charge in [-0.25, -0.2) is 9.36 Å². The Bertz CT molecular complexity index is 2350. The minimum Gasteiger partial charge on any atom is -0.507 e. The fraction of sp³-hybridized carbons (Fsp3) is 0.306. The van der Waals surface area contributed by atoms with Crippen molar-refractivity contribution >= 4 is 23.7 Å². The largest absolute Gasteiger partial charge is 0.507 e. The van der Waals surface area contributed by atoms with E-state index in [1.54, 1.807) is 48.6 Å². The summed E-state index contributed by atoms with van der Waals surface area (Å²) in [5, 5.41) is 38.2. The third kappa shape index (κ3) is 10.5. The van der Waals surface area contributed by atoms with E-state index in [4.69, 9.17) is 9.47 Å². The second-order valence-corrected chi connectivity index (χ2v) is 15.9. The summed E-state index contributed by atoms with van der Waals surface area (Å²) in [6.45, 7) is 0.404. The standard InChI is InChI=1S/C49H50N6O6/c56-44-17-9-7-15-42(44)46(58)23-21-36-28-34(19-25-48(36)60-32-38-30-54(52-50-38)40-11-3-1-4-12-40)27-35-20-26-49(37(29-35)22-24-47(59)43-16-8-10-18-45(43)57)61-33-39-31-55(53-51-39)41-13-5-2-6-14-41/h7-10,15-26,28-31,40-41,56-57H,1-6,11-14,27,32-33H2/b23-21+,24-22+. The molecule has 12 heteroatoms. The Morgan fingerprint density at radius 1 is 0.590 bits per heavy atom. The van der Waals surface area contributed by atoms with Crippen LogP contribution in [0.5, 0.6) is 23.0 Å². The number of ether oxygens (including phenoxy) is 2. The first-order valence-corrected chi connectivity index (χ1v) is 21.2. The number of rotatable bonds is 16. The number of hydrogen-bond donors (Lipinski definition) is 2. The van der Waals surface area contributed by atoms with E-state index < -0.39 is 0 Å². The zero-order chi connectivity index (χ0) is 42.0. The van der Waals surface area contributed by atoms with Gasteiger partial charge in [-0.2, -0.15) is 0 Å². The number of carbonyl (C=O) groups excluding carboxylic acids is 2. The Morgan fingerprint density at radius 2 is 1.02 bits per heavy atom. The number of phenols is 2. The van der Waals surface area contributed by atoms with Gasteiger partial charge >= 0.3 is 0 Å². The van der Waals surface area contributed by atoms with Crippen LogP contribution in [-0.4, -0.2) is 51.8 Å². The lowest BCUT2D eigenvalue weighted by Gasteiger charge is -2.20. The Hall–Kier alpha value is -6.82. The zero-order valence-corrected chi connectivity index (χ0v) is 34.1. The minimum absolute atomic E-state index is 0.0891. The number of benzene rings is 4. The SMILES string of the molecule is O=C(/C=C/c1cc(Cc2ccc(OCc3cn(C4CCCCC4)nn3)c(/C=C/C(=O)c3ccccc3O)c2)ccc1OCc1cn(C2CCCCC2)nn1)c1ccccc1O. The molecule has 0 spiro atoms. The van der Waals surface area contributed by atoms with Crippen molar-refractivity contribution in [1.82, 2.24) is 30.0 Å². The smallest absolute Gasteiger partial charge is 0.189 e. The van der Waals surface area contributed by atoms with Crippen LogP contribution in [0, 0.1) is 0 Å². The molecule has 2 N–H and O–H groups in total. The monoisotopic (exact) mass is 818 g/mol. The lowest BCUT2D eigenvalue weighted by atomic mass is 9.96. The molecule has 2 aliphatic carbocycles. The Labute approximate surface area is 355 Å². The normalized spacial score (nSPS) is 15.1. The van der Waals surface area contributed by atoms with Crippen LogP contribution in [0.3, 0.4) is 0 Å². The Kier molecular flexibility index (Phi) is 13.1. The molecule has 0 radical (unpaired) electrons. The maximum atomic E-state index is 13.2. The molecular formula is C49H50N6O6. The topological polar surface area (TPSA) is 154 Å². The lowest BCUT2D eigenvalue weighted by molar-refractivity contribution is 0.103. The van der Waals surface area contributed by atoms with Crippen LogP contribution in [-0.2, 0) is 19.6 Å². The summed E-state index contributed by atoms with van der Waals surface area (Å²) in [5.41, 5.74) is 5.08. The summed E-state index contributed by atoms with van der Waals surface area (Å²) < 4.78 is 16.5. The number of carbonyl (C=O) groups is 2. The molecule has 61 heavy (non-hydrogen) atoms. The van der Waals surface area contributed by atoms with E-state index in [2.05, 4.69) is 20.6 Å². The highest BCUT2D eigenvalue weighted by Crippen LogP contribution is 2.31. The highest BCUT2D eigenvalue weighted by Gasteiger charge is 2.19. The van der Waals surface area contributed by atoms with E-state index in [-0.39, 0.29) is 47.4 Å². The van der Waals surface area contributed by atoms with E-state index >= 15 is 0 Å². The number of aromatic hydroxyl groups is 2. The molecule has 8 rings (SSSR count). The van der Waals surface area contributed by atoms with Crippen molar-refractivity contribution in [3.8, 4) is 23.0 Å². The first-order valence-electron chi connectivity index (χ1n) is 21.2. The van der Waals surface area contributed by atoms with Gasteiger partial charge in [0.15, 0.2) is 11.6 Å². The molecule has 0 saturated heterocycles. The highest BCUT2D eigenvalue weighted by molar-refractivity contribution is 6.09. The van der Waals surface area contributed by atoms with Gasteiger partial charge in [-0.05, 0) is 116 Å². The van der Waals surface area contributed by atoms with Crippen LogP contribution >= 0.6 is 0 Å². The van der Waals surface area contributed by atoms with Crippen LogP contribution in [0.15, 0.2) is 109 Å². The Morgan fingerprint density at radius 3 is 1.44 bits per heavy atom. The van der Waals surface area contributed by atoms with E-state index in [0.29, 0.717) is 52.5 Å². The second kappa shape index (κ2) is 19.5. The highest BCUT2D eigenvalue weighted by atomic mass is 16.5. The average Bonchev–Trinajstić information content (AvgIpc) is 3.98. The van der Waals surface area contributed by atoms with Gasteiger partial charge in [-0.3, -0.25) is 9.59 Å². The summed E-state index contributed by atoms with van der Waals surface area (Å²) in [5.74, 6) is 0.265. The van der Waals surface area contributed by atoms with Crippen LogP contribution in [0.2, 0.25) is 0 Å². The van der Waals surface area contributed by atoms with Crippen molar-refractivity contribution in [2.24, 2.45) is 0 Å². The third-order valence-corrected chi connectivity index (χ3v) is 11.5. The summed E-state index contributed by atoms with van der Waals surface area (Å²) in [7, 11) is 0. The van der Waals surface area contributed by atoms with E-state index in [1.807, 2.05) is 58.2 Å². The van der Waals surface area contributed by atoms with Gasteiger partial charge in [-0.1, -0.05) is 85.3 Å². The van der Waals surface area contributed by atoms with Gasteiger partial charge in [0.05, 0.1) is 35.6 Å². The second-order valence-electron chi connectivity index (χ2n) is 15.9. The number of allylic oxidation sites excluding steroid dienone is 2. The molecule has 0 atom stereocenters. The number of aromatic nitrogens is 6.